The first-order valence-corrected chi connectivity index (χ1v) is 22.2. The minimum atomic E-state index is 0.993. The van der Waals surface area contributed by atoms with Crippen molar-refractivity contribution in [3.05, 3.63) is 0 Å². The summed E-state index contributed by atoms with van der Waals surface area (Å²) in [5.41, 5.74) is 0. The molecule has 0 radical (unpaired) electrons. The third-order valence-corrected chi connectivity index (χ3v) is 8.61. The highest BCUT2D eigenvalue weighted by atomic mass is 15.1. The molecule has 0 aliphatic heterocycles. The van der Waals surface area contributed by atoms with Crippen LogP contribution in [0, 0.1) is 5.92 Å². The summed E-state index contributed by atoms with van der Waals surface area (Å²) in [5, 5.41) is 0. The quantitative estimate of drug-likeness (QED) is 0.0696. The van der Waals surface area contributed by atoms with Gasteiger partial charge in [0.2, 0.25) is 0 Å². The van der Waals surface area contributed by atoms with Gasteiger partial charge in [-0.05, 0) is 38.4 Å². The Kier molecular flexibility index (Phi) is 72.6. The molecular weight excluding hydrogens is 555 g/mol. The van der Waals surface area contributed by atoms with Crippen molar-refractivity contribution in [3.63, 3.8) is 0 Å². The van der Waals surface area contributed by atoms with Gasteiger partial charge in [-0.1, -0.05) is 256 Å². The van der Waals surface area contributed by atoms with E-state index < -0.39 is 0 Å². The Labute approximate surface area is 299 Å². The van der Waals surface area contributed by atoms with E-state index in [1.165, 1.54) is 206 Å². The van der Waals surface area contributed by atoms with Gasteiger partial charge in [0.1, 0.15) is 0 Å². The van der Waals surface area contributed by atoms with Gasteiger partial charge in [0.25, 0.3) is 0 Å². The van der Waals surface area contributed by atoms with E-state index in [0.717, 1.165) is 5.92 Å². The van der Waals surface area contributed by atoms with Crippen LogP contribution in [-0.4, -0.2) is 24.5 Å². The van der Waals surface area contributed by atoms with Crippen LogP contribution in [0.1, 0.15) is 269 Å². The molecule has 0 bridgehead atoms. The molecule has 0 heterocycles. The lowest BCUT2D eigenvalue weighted by molar-refractivity contribution is 0.268. The summed E-state index contributed by atoms with van der Waals surface area (Å²) in [7, 11) is 0. The zero-order valence-electron chi connectivity index (χ0n) is 35.7. The molecule has 1 unspecified atom stereocenters. The van der Waals surface area contributed by atoms with Crippen LogP contribution >= 0.6 is 0 Å². The molecule has 0 aliphatic rings. The van der Waals surface area contributed by atoms with E-state index in [4.69, 9.17) is 0 Å². The van der Waals surface area contributed by atoms with Gasteiger partial charge < -0.3 is 4.90 Å². The summed E-state index contributed by atoms with van der Waals surface area (Å²) >= 11 is 0. The van der Waals surface area contributed by atoms with Gasteiger partial charge in [-0.2, -0.15) is 0 Å². The predicted octanol–water partition coefficient (Wildman–Crippen LogP) is 17.4. The Morgan fingerprint density at radius 3 is 0.870 bits per heavy atom. The minimum Gasteiger partial charge on any atom is -0.304 e. The predicted molar refractivity (Wildman–Crippen MR) is 222 cm³/mol. The zero-order valence-corrected chi connectivity index (χ0v) is 35.7. The van der Waals surface area contributed by atoms with Gasteiger partial charge in [-0.25, -0.2) is 0 Å². The lowest BCUT2D eigenvalue weighted by atomic mass is 9.93. The summed E-state index contributed by atoms with van der Waals surface area (Å²) in [6.45, 7) is 30.2. The van der Waals surface area contributed by atoms with Crippen LogP contribution in [0.2, 0.25) is 0 Å². The number of hydrogen-bond donors (Lipinski definition) is 0. The molecule has 0 spiro atoms. The average Bonchev–Trinajstić information content (AvgIpc) is 3.07. The van der Waals surface area contributed by atoms with Crippen molar-refractivity contribution in [2.75, 3.05) is 19.6 Å². The average molecular weight is 656 g/mol. The van der Waals surface area contributed by atoms with Gasteiger partial charge in [0.15, 0.2) is 0 Å². The second-order valence-corrected chi connectivity index (χ2v) is 13.8. The van der Waals surface area contributed by atoms with Gasteiger partial charge in [-0.15, -0.1) is 0 Å². The molecule has 286 valence electrons. The van der Waals surface area contributed by atoms with Gasteiger partial charge in [0.05, 0.1) is 0 Å². The van der Waals surface area contributed by atoms with Crippen molar-refractivity contribution in [3.8, 4) is 0 Å². The molecule has 0 N–H and O–H groups in total. The highest BCUT2D eigenvalue weighted by Gasteiger charge is 2.07. The van der Waals surface area contributed by atoms with Crippen molar-refractivity contribution in [2.45, 2.75) is 269 Å². The zero-order chi connectivity index (χ0) is 35.8. The van der Waals surface area contributed by atoms with Crippen molar-refractivity contribution >= 4 is 0 Å². The number of nitrogens with zero attached hydrogens (tertiary/aromatic N) is 1. The fourth-order valence-corrected chi connectivity index (χ4v) is 5.67. The van der Waals surface area contributed by atoms with Crippen LogP contribution in [0.3, 0.4) is 0 Å². The molecule has 1 nitrogen and oxygen atoms in total. The van der Waals surface area contributed by atoms with Crippen molar-refractivity contribution in [1.82, 2.24) is 4.90 Å². The van der Waals surface area contributed by atoms with Gasteiger partial charge in [0, 0.05) is 0 Å². The highest BCUT2D eigenvalue weighted by Crippen LogP contribution is 2.21. The Bertz CT molecular complexity index is 402. The van der Waals surface area contributed by atoms with Gasteiger partial charge >= 0.3 is 0 Å². The molecule has 0 amide bonds. The van der Waals surface area contributed by atoms with Crippen LogP contribution in [-0.2, 0) is 0 Å². The summed E-state index contributed by atoms with van der Waals surface area (Å²) < 4.78 is 0. The van der Waals surface area contributed by atoms with E-state index in [2.05, 4.69) is 74.1 Å². The topological polar surface area (TPSA) is 3.24 Å². The molecule has 0 aromatic heterocycles. The maximum Gasteiger partial charge on any atom is -0.00189 e. The fourth-order valence-electron chi connectivity index (χ4n) is 5.67. The molecule has 0 rings (SSSR count). The molecule has 0 aromatic rings. The Morgan fingerprint density at radius 1 is 0.326 bits per heavy atom. The second kappa shape index (κ2) is 60.3. The van der Waals surface area contributed by atoms with Crippen LogP contribution in [0.4, 0.5) is 0 Å². The summed E-state index contributed by atoms with van der Waals surface area (Å²) in [6.07, 6.45) is 41.4. The Morgan fingerprint density at radius 2 is 0.587 bits per heavy atom. The lowest BCUT2D eigenvalue weighted by Crippen LogP contribution is -2.25. The van der Waals surface area contributed by atoms with E-state index in [1.54, 1.807) is 0 Å². The van der Waals surface area contributed by atoms with Crippen LogP contribution < -0.4 is 0 Å². The van der Waals surface area contributed by atoms with Crippen molar-refractivity contribution in [1.29, 1.82) is 0 Å². The minimum absolute atomic E-state index is 0.993. The van der Waals surface area contributed by atoms with Crippen molar-refractivity contribution < 1.29 is 0 Å². The standard InChI is InChI=1S/C32H67N.C5H12.2C3H8.C2H6/c1-5-9-11-13-15-16-17-18-19-20-21-23-26-30-33(8-4)31-27-25-29-32(7-3)28-24-22-14-12-10-6-2;1-3-5-4-2;2*1-3-2;1-2/h32H,5-31H2,1-4H3;3-5H2,1-2H3;2*3H2,1-2H3;1-2H3. The Balaban J connectivity index is -0.000000366. The third-order valence-electron chi connectivity index (χ3n) is 8.61. The van der Waals surface area contributed by atoms with E-state index in [-0.39, 0.29) is 0 Å². The van der Waals surface area contributed by atoms with E-state index in [0.29, 0.717) is 0 Å². The fraction of sp³-hybridized carbons (Fsp3) is 1.00. The number of unbranched alkanes of at least 4 members (excludes halogenated alkanes) is 20. The molecular formula is C45H101N. The summed E-state index contributed by atoms with van der Waals surface area (Å²) in [5.74, 6) is 0.993. The summed E-state index contributed by atoms with van der Waals surface area (Å²) in [4.78, 5) is 2.72. The molecule has 0 aliphatic carbocycles. The normalized spacial score (nSPS) is 10.9. The maximum atomic E-state index is 2.72. The molecule has 0 saturated carbocycles. The van der Waals surface area contributed by atoms with Crippen LogP contribution in [0.5, 0.6) is 0 Å². The summed E-state index contributed by atoms with van der Waals surface area (Å²) in [6, 6.07) is 0. The van der Waals surface area contributed by atoms with Crippen LogP contribution in [0.25, 0.3) is 0 Å². The van der Waals surface area contributed by atoms with E-state index in [1.807, 2.05) is 13.8 Å². The third kappa shape index (κ3) is 62.7. The smallest absolute Gasteiger partial charge is 0.00189 e. The maximum absolute atomic E-state index is 2.72. The molecule has 1 atom stereocenters. The molecule has 46 heavy (non-hydrogen) atoms. The SMILES string of the molecule is CC.CCC.CCC.CCCCC.CCCCCCCCCCCCCCCN(CC)CCCCC(CC)CCCCCCCC. The number of hydrogen-bond acceptors (Lipinski definition) is 1. The van der Waals surface area contributed by atoms with E-state index >= 15 is 0 Å². The highest BCUT2D eigenvalue weighted by molar-refractivity contribution is 4.62. The molecule has 0 fully saturated rings. The second-order valence-electron chi connectivity index (χ2n) is 13.8. The Hall–Kier alpha value is -0.0400. The largest absolute Gasteiger partial charge is 0.304 e. The van der Waals surface area contributed by atoms with E-state index in [9.17, 15) is 0 Å². The van der Waals surface area contributed by atoms with Crippen LogP contribution in [0.15, 0.2) is 0 Å². The molecule has 0 saturated heterocycles. The first-order valence-electron chi connectivity index (χ1n) is 22.2. The molecule has 1 heteroatoms. The first kappa shape index (κ1) is 55.4. The first-order chi connectivity index (χ1) is 22.5. The molecule has 0 aromatic carbocycles. The lowest BCUT2D eigenvalue weighted by Gasteiger charge is -2.21. The number of rotatable bonds is 30. The monoisotopic (exact) mass is 656 g/mol. The van der Waals surface area contributed by atoms with Gasteiger partial charge in [-0.3, -0.25) is 0 Å². The van der Waals surface area contributed by atoms with Crippen molar-refractivity contribution in [2.24, 2.45) is 5.92 Å².